The van der Waals surface area contributed by atoms with Crippen molar-refractivity contribution in [2.75, 3.05) is 7.05 Å². The summed E-state index contributed by atoms with van der Waals surface area (Å²) in [6.45, 7) is 0.382. The third-order valence-electron chi connectivity index (χ3n) is 4.06. The molecule has 1 amide bonds. The van der Waals surface area contributed by atoms with Crippen LogP contribution < -0.4 is 5.43 Å². The summed E-state index contributed by atoms with van der Waals surface area (Å²) in [7, 11) is 1.67. The monoisotopic (exact) mass is 500 g/mol. The molecule has 0 atom stereocenters. The number of hydrogen-bond acceptors (Lipinski definition) is 2. The molecular weight excluding hydrogens is 486 g/mol. The summed E-state index contributed by atoms with van der Waals surface area (Å²) in [6, 6.07) is 10.9. The number of aromatic nitrogens is 1. The summed E-state index contributed by atoms with van der Waals surface area (Å²) in [6.07, 6.45) is 1.48. The summed E-state index contributed by atoms with van der Waals surface area (Å²) in [5.41, 5.74) is 2.30. The zero-order valence-corrected chi connectivity index (χ0v) is 17.5. The van der Waals surface area contributed by atoms with E-state index < -0.39 is 0 Å². The van der Waals surface area contributed by atoms with E-state index in [1.807, 2.05) is 18.2 Å². The maximum absolute atomic E-state index is 12.9. The van der Waals surface area contributed by atoms with Crippen LogP contribution >= 0.6 is 45.8 Å². The number of alkyl halides is 1. The van der Waals surface area contributed by atoms with Gasteiger partial charge >= 0.3 is 0 Å². The highest BCUT2D eigenvalue weighted by atomic mass is 127. The fourth-order valence-electron chi connectivity index (χ4n) is 2.72. The predicted octanol–water partition coefficient (Wildman–Crippen LogP) is 4.80. The Bertz CT molecular complexity index is 1030. The highest BCUT2D eigenvalue weighted by Gasteiger charge is 2.18. The van der Waals surface area contributed by atoms with Crippen LogP contribution in [0.2, 0.25) is 5.02 Å². The predicted molar refractivity (Wildman–Crippen MR) is 114 cm³/mol. The first kappa shape index (κ1) is 19.2. The average molecular weight is 501 g/mol. The van der Waals surface area contributed by atoms with E-state index in [0.717, 1.165) is 14.7 Å². The number of nitrogens with zero attached hydrogens (tertiary/aromatic N) is 1. The second-order valence-electron chi connectivity index (χ2n) is 5.95. The van der Waals surface area contributed by atoms with E-state index in [-0.39, 0.29) is 16.9 Å². The second kappa shape index (κ2) is 7.98. The van der Waals surface area contributed by atoms with Crippen molar-refractivity contribution >= 4 is 62.6 Å². The molecule has 0 aliphatic heterocycles. The van der Waals surface area contributed by atoms with E-state index in [0.29, 0.717) is 28.4 Å². The Morgan fingerprint density at radius 3 is 2.54 bits per heavy atom. The molecule has 0 aliphatic rings. The zero-order valence-electron chi connectivity index (χ0n) is 13.9. The number of carbonyl (C=O) groups excluding carboxylic acids is 1. The minimum Gasteiger partial charge on any atom is -0.359 e. The van der Waals surface area contributed by atoms with Crippen LogP contribution in [0.4, 0.5) is 0 Å². The number of hydrogen-bond donors (Lipinski definition) is 1. The molecule has 0 aliphatic carbocycles. The number of carbonyl (C=O) groups is 1. The van der Waals surface area contributed by atoms with Gasteiger partial charge in [0.1, 0.15) is 5.56 Å². The fraction of sp³-hybridized carbons (Fsp3) is 0.158. The number of fused-ring (bicyclic) bond motifs is 1. The molecule has 1 aromatic heterocycles. The van der Waals surface area contributed by atoms with Crippen molar-refractivity contribution in [2.24, 2.45) is 0 Å². The van der Waals surface area contributed by atoms with E-state index in [1.54, 1.807) is 25.2 Å². The van der Waals surface area contributed by atoms with Crippen LogP contribution in [-0.2, 0) is 12.4 Å². The van der Waals surface area contributed by atoms with Crippen LogP contribution in [0.3, 0.4) is 0 Å². The summed E-state index contributed by atoms with van der Waals surface area (Å²) in [5.74, 6) is -0.0330. The summed E-state index contributed by atoms with van der Waals surface area (Å²) >= 11 is 13.9. The molecule has 4 nitrogen and oxygen atoms in total. The molecule has 0 saturated carbocycles. The molecule has 3 aromatic rings. The largest absolute Gasteiger partial charge is 0.359 e. The lowest BCUT2D eigenvalue weighted by atomic mass is 10.1. The van der Waals surface area contributed by atoms with Gasteiger partial charge in [-0.05, 0) is 58.0 Å². The van der Waals surface area contributed by atoms with E-state index in [4.69, 9.17) is 23.2 Å². The lowest BCUT2D eigenvalue weighted by Gasteiger charge is -2.17. The van der Waals surface area contributed by atoms with Crippen molar-refractivity contribution in [3.05, 3.63) is 78.1 Å². The Morgan fingerprint density at radius 2 is 1.88 bits per heavy atom. The highest BCUT2D eigenvalue weighted by molar-refractivity contribution is 14.1. The lowest BCUT2D eigenvalue weighted by molar-refractivity contribution is 0.0783. The maximum atomic E-state index is 12.9. The minimum atomic E-state index is -0.339. The van der Waals surface area contributed by atoms with Gasteiger partial charge in [0.15, 0.2) is 0 Å². The van der Waals surface area contributed by atoms with Crippen LogP contribution in [-0.4, -0.2) is 22.8 Å². The summed E-state index contributed by atoms with van der Waals surface area (Å²) in [4.78, 5) is 30.2. The van der Waals surface area contributed by atoms with Gasteiger partial charge in [0.05, 0.1) is 5.52 Å². The van der Waals surface area contributed by atoms with Gasteiger partial charge in [0, 0.05) is 39.6 Å². The van der Waals surface area contributed by atoms with Crippen molar-refractivity contribution in [2.45, 2.75) is 12.4 Å². The minimum absolute atomic E-state index is 0.108. The third-order valence-corrected chi connectivity index (χ3v) is 5.48. The molecule has 0 saturated heterocycles. The zero-order chi connectivity index (χ0) is 18.8. The Balaban J connectivity index is 1.96. The number of H-pyrrole nitrogens is 1. The summed E-state index contributed by atoms with van der Waals surface area (Å²) in [5, 5.41) is 1.11. The number of pyridine rings is 1. The maximum Gasteiger partial charge on any atom is 0.259 e. The Hall–Kier alpha value is -1.57. The highest BCUT2D eigenvalue weighted by Crippen LogP contribution is 2.20. The molecule has 0 radical (unpaired) electrons. The first-order chi connectivity index (χ1) is 12.4. The second-order valence-corrected chi connectivity index (χ2v) is 7.82. The standard InChI is InChI=1S/C19H15Cl2IN2O2/c1-24(10-11-2-4-13(21)5-3-11)19(26)15-9-23-17-14(18(15)25)6-12(8-20)7-16(17)22/h2-7,9H,8,10H2,1H3,(H,23,25). The molecule has 0 unspecified atom stereocenters. The number of aromatic amines is 1. The van der Waals surface area contributed by atoms with Crippen LogP contribution in [0.25, 0.3) is 10.9 Å². The molecule has 1 heterocycles. The molecule has 2 aromatic carbocycles. The average Bonchev–Trinajstić information content (AvgIpc) is 2.63. The Labute approximate surface area is 174 Å². The number of halogens is 3. The molecule has 7 heteroatoms. The van der Waals surface area contributed by atoms with Gasteiger partial charge in [-0.25, -0.2) is 0 Å². The summed E-state index contributed by atoms with van der Waals surface area (Å²) < 4.78 is 0.890. The van der Waals surface area contributed by atoms with Gasteiger partial charge < -0.3 is 9.88 Å². The molecule has 134 valence electrons. The van der Waals surface area contributed by atoms with Crippen molar-refractivity contribution in [1.82, 2.24) is 9.88 Å². The topological polar surface area (TPSA) is 53.2 Å². The van der Waals surface area contributed by atoms with E-state index in [1.165, 1.54) is 11.1 Å². The smallest absolute Gasteiger partial charge is 0.259 e. The number of amides is 1. The number of rotatable bonds is 4. The van der Waals surface area contributed by atoms with Gasteiger partial charge in [-0.15, -0.1) is 11.6 Å². The third kappa shape index (κ3) is 3.89. The quantitative estimate of drug-likeness (QED) is 0.413. The number of nitrogens with one attached hydrogen (secondary N) is 1. The van der Waals surface area contributed by atoms with Crippen molar-refractivity contribution in [3.8, 4) is 0 Å². The van der Waals surface area contributed by atoms with Crippen LogP contribution in [0, 0.1) is 3.57 Å². The van der Waals surface area contributed by atoms with E-state index in [9.17, 15) is 9.59 Å². The molecule has 0 bridgehead atoms. The van der Waals surface area contributed by atoms with Crippen LogP contribution in [0.1, 0.15) is 21.5 Å². The van der Waals surface area contributed by atoms with Crippen molar-refractivity contribution in [1.29, 1.82) is 0 Å². The number of benzene rings is 2. The van der Waals surface area contributed by atoms with Crippen molar-refractivity contribution < 1.29 is 4.79 Å². The molecule has 0 spiro atoms. The Morgan fingerprint density at radius 1 is 1.19 bits per heavy atom. The van der Waals surface area contributed by atoms with Gasteiger partial charge in [0.2, 0.25) is 5.43 Å². The van der Waals surface area contributed by atoms with Gasteiger partial charge in [-0.2, -0.15) is 0 Å². The fourth-order valence-corrected chi connectivity index (χ4v) is 3.85. The lowest BCUT2D eigenvalue weighted by Crippen LogP contribution is -2.30. The molecule has 26 heavy (non-hydrogen) atoms. The van der Waals surface area contributed by atoms with Crippen LogP contribution in [0.15, 0.2) is 47.4 Å². The normalized spacial score (nSPS) is 10.9. The van der Waals surface area contributed by atoms with Gasteiger partial charge in [-0.1, -0.05) is 23.7 Å². The van der Waals surface area contributed by atoms with Crippen LogP contribution in [0.5, 0.6) is 0 Å². The van der Waals surface area contributed by atoms with Gasteiger partial charge in [0.25, 0.3) is 5.91 Å². The van der Waals surface area contributed by atoms with Gasteiger partial charge in [-0.3, -0.25) is 9.59 Å². The van der Waals surface area contributed by atoms with E-state index in [2.05, 4.69) is 27.6 Å². The SMILES string of the molecule is CN(Cc1ccc(Cl)cc1)C(=O)c1c[nH]c2c(I)cc(CCl)cc2c1=O. The molecule has 0 fully saturated rings. The molecule has 1 N–H and O–H groups in total. The first-order valence-electron chi connectivity index (χ1n) is 7.80. The Kier molecular flexibility index (Phi) is 5.89. The first-order valence-corrected chi connectivity index (χ1v) is 9.79. The van der Waals surface area contributed by atoms with E-state index >= 15 is 0 Å². The molecular formula is C19H15Cl2IN2O2. The van der Waals surface area contributed by atoms with Crippen molar-refractivity contribution in [3.63, 3.8) is 0 Å². The molecule has 3 rings (SSSR count).